The molecule has 0 bridgehead atoms. The molecule has 0 aromatic heterocycles. The number of benzene rings is 1. The molecule has 3 heterocycles. The van der Waals surface area contributed by atoms with E-state index in [0.717, 1.165) is 42.8 Å². The second-order valence-electron chi connectivity index (χ2n) is 12.0. The normalized spacial score (nSPS) is 20.5. The predicted octanol–water partition coefficient (Wildman–Crippen LogP) is 7.06. The molecule has 0 unspecified atom stereocenters. The van der Waals surface area contributed by atoms with Crippen LogP contribution in [0.1, 0.15) is 78.0 Å². The molecule has 0 fully saturated rings. The molecule has 0 saturated carbocycles. The van der Waals surface area contributed by atoms with E-state index in [1.807, 2.05) is 6.08 Å². The van der Waals surface area contributed by atoms with Gasteiger partial charge in [-0.1, -0.05) is 60.6 Å². The van der Waals surface area contributed by atoms with E-state index >= 15 is 0 Å². The van der Waals surface area contributed by atoms with Crippen molar-refractivity contribution in [3.8, 4) is 12.1 Å². The Labute approximate surface area is 204 Å². The first kappa shape index (κ1) is 23.9. The van der Waals surface area contributed by atoms with Gasteiger partial charge < -0.3 is 9.64 Å². The van der Waals surface area contributed by atoms with Crippen molar-refractivity contribution in [1.82, 2.24) is 0 Å². The minimum absolute atomic E-state index is 0.0967. The highest BCUT2D eigenvalue weighted by Crippen LogP contribution is 2.49. The molecule has 1 aromatic carbocycles. The molecule has 0 saturated heterocycles. The maximum Gasteiger partial charge on any atom is 0.137 e. The number of anilines is 1. The average molecular weight is 454 g/mol. The van der Waals surface area contributed by atoms with Crippen LogP contribution >= 0.6 is 0 Å². The summed E-state index contributed by atoms with van der Waals surface area (Å²) in [4.78, 5) is 2.57. The Hall–Kier alpha value is -3.24. The summed E-state index contributed by atoms with van der Waals surface area (Å²) in [6.07, 6.45) is 9.72. The highest BCUT2D eigenvalue weighted by molar-refractivity contribution is 5.73. The second kappa shape index (κ2) is 8.21. The zero-order valence-electron chi connectivity index (χ0n) is 21.5. The van der Waals surface area contributed by atoms with Gasteiger partial charge in [-0.05, 0) is 58.6 Å². The van der Waals surface area contributed by atoms with Crippen molar-refractivity contribution in [3.05, 3.63) is 69.7 Å². The van der Waals surface area contributed by atoms with Crippen LogP contribution in [0.25, 0.3) is 6.08 Å². The van der Waals surface area contributed by atoms with Gasteiger partial charge >= 0.3 is 0 Å². The lowest BCUT2D eigenvalue weighted by atomic mass is 9.69. The van der Waals surface area contributed by atoms with Crippen LogP contribution in [0.5, 0.6) is 0 Å². The lowest BCUT2D eigenvalue weighted by molar-refractivity contribution is 0.239. The fourth-order valence-electron chi connectivity index (χ4n) is 5.29. The summed E-state index contributed by atoms with van der Waals surface area (Å²) in [5, 5.41) is 19.1. The van der Waals surface area contributed by atoms with Gasteiger partial charge in [-0.25, -0.2) is 0 Å². The number of nitrogens with zero attached hydrogens (tertiary/aromatic N) is 3. The zero-order chi connectivity index (χ0) is 24.9. The first-order valence-corrected chi connectivity index (χ1v) is 12.1. The number of allylic oxidation sites excluding steroid dienone is 6. The lowest BCUT2D eigenvalue weighted by Gasteiger charge is -2.48. The fourth-order valence-corrected chi connectivity index (χ4v) is 5.29. The fraction of sp³-hybridized carbons (Fsp3) is 0.467. The summed E-state index contributed by atoms with van der Waals surface area (Å²) < 4.78 is 5.93. The third-order valence-corrected chi connectivity index (χ3v) is 7.49. The van der Waals surface area contributed by atoms with Crippen LogP contribution in [0.15, 0.2) is 53.0 Å². The molecular formula is C30H35N3O. The number of ether oxygens (including phenoxy) is 1. The highest BCUT2D eigenvalue weighted by Gasteiger charge is 2.39. The number of rotatable bonds is 2. The van der Waals surface area contributed by atoms with Gasteiger partial charge in [-0.15, -0.1) is 0 Å². The van der Waals surface area contributed by atoms with Gasteiger partial charge in [0, 0.05) is 35.3 Å². The van der Waals surface area contributed by atoms with Crippen molar-refractivity contribution in [2.45, 2.75) is 72.1 Å². The molecule has 0 amide bonds. The highest BCUT2D eigenvalue weighted by atomic mass is 16.5. The van der Waals surface area contributed by atoms with E-state index in [2.05, 4.69) is 83.7 Å². The smallest absolute Gasteiger partial charge is 0.137 e. The van der Waals surface area contributed by atoms with Crippen LogP contribution < -0.4 is 4.90 Å². The van der Waals surface area contributed by atoms with Crippen molar-refractivity contribution >= 4 is 11.8 Å². The van der Waals surface area contributed by atoms with E-state index in [9.17, 15) is 10.5 Å². The summed E-state index contributed by atoms with van der Waals surface area (Å²) in [5.74, 6) is 0.760. The van der Waals surface area contributed by atoms with E-state index in [0.29, 0.717) is 5.57 Å². The van der Waals surface area contributed by atoms with Gasteiger partial charge in [0.1, 0.15) is 23.5 Å². The number of hydrogen-bond donors (Lipinski definition) is 0. The van der Waals surface area contributed by atoms with E-state index in [-0.39, 0.29) is 21.8 Å². The molecule has 4 nitrogen and oxygen atoms in total. The molecule has 3 aliphatic heterocycles. The van der Waals surface area contributed by atoms with Gasteiger partial charge in [0.05, 0.1) is 6.26 Å². The molecule has 0 radical (unpaired) electrons. The third-order valence-electron chi connectivity index (χ3n) is 7.49. The molecule has 0 aliphatic carbocycles. The summed E-state index contributed by atoms with van der Waals surface area (Å²) in [6, 6.07) is 8.77. The van der Waals surface area contributed by atoms with Gasteiger partial charge in [0.2, 0.25) is 0 Å². The Morgan fingerprint density at radius 2 is 1.53 bits per heavy atom. The van der Waals surface area contributed by atoms with Crippen LogP contribution in [-0.4, -0.2) is 13.1 Å². The predicted molar refractivity (Wildman–Crippen MR) is 138 cm³/mol. The Kier molecular flexibility index (Phi) is 5.77. The van der Waals surface area contributed by atoms with Gasteiger partial charge in [-0.3, -0.25) is 0 Å². The largest absolute Gasteiger partial charge is 0.468 e. The van der Waals surface area contributed by atoms with Gasteiger partial charge in [0.15, 0.2) is 0 Å². The molecule has 1 aromatic rings. The molecule has 176 valence electrons. The van der Waals surface area contributed by atoms with Crippen molar-refractivity contribution < 1.29 is 4.74 Å². The topological polar surface area (TPSA) is 60.0 Å². The maximum absolute atomic E-state index is 9.56. The molecule has 0 spiro atoms. The molecule has 34 heavy (non-hydrogen) atoms. The van der Waals surface area contributed by atoms with Crippen molar-refractivity contribution in [2.75, 3.05) is 18.0 Å². The van der Waals surface area contributed by atoms with E-state index in [4.69, 9.17) is 4.74 Å². The van der Waals surface area contributed by atoms with Gasteiger partial charge in [-0.2, -0.15) is 10.5 Å². The molecule has 4 heteroatoms. The summed E-state index contributed by atoms with van der Waals surface area (Å²) in [6.45, 7) is 17.9. The van der Waals surface area contributed by atoms with Crippen LogP contribution in [0.4, 0.5) is 5.69 Å². The molecular weight excluding hydrogens is 418 g/mol. The SMILES string of the molecule is CC(C)(C)C1=C(/C=C/c2cc3c4c(c2)C(C)(C)CCN4CCC3(C)C)C(=C(C#N)C#N)C=CO1. The van der Waals surface area contributed by atoms with Crippen LogP contribution in [0.3, 0.4) is 0 Å². The quantitative estimate of drug-likeness (QED) is 0.450. The first-order chi connectivity index (χ1) is 15.9. The van der Waals surface area contributed by atoms with E-state index < -0.39 is 0 Å². The monoisotopic (exact) mass is 453 g/mol. The van der Waals surface area contributed by atoms with Crippen molar-refractivity contribution in [2.24, 2.45) is 5.41 Å². The maximum atomic E-state index is 9.56. The lowest BCUT2D eigenvalue weighted by Crippen LogP contribution is -2.44. The first-order valence-electron chi connectivity index (χ1n) is 12.1. The minimum atomic E-state index is -0.280. The van der Waals surface area contributed by atoms with E-state index in [1.165, 1.54) is 16.8 Å². The Bertz CT molecular complexity index is 1180. The second-order valence-corrected chi connectivity index (χ2v) is 12.0. The van der Waals surface area contributed by atoms with Crippen LogP contribution in [0.2, 0.25) is 0 Å². The summed E-state index contributed by atoms with van der Waals surface area (Å²) in [5.41, 5.74) is 6.86. The van der Waals surface area contributed by atoms with Crippen LogP contribution in [-0.2, 0) is 15.6 Å². The number of nitriles is 2. The molecule has 0 atom stereocenters. The minimum Gasteiger partial charge on any atom is -0.468 e. The van der Waals surface area contributed by atoms with Crippen molar-refractivity contribution in [3.63, 3.8) is 0 Å². The third kappa shape index (κ3) is 4.07. The zero-order valence-corrected chi connectivity index (χ0v) is 21.5. The molecule has 3 aliphatic rings. The van der Waals surface area contributed by atoms with Gasteiger partial charge in [0.25, 0.3) is 0 Å². The molecule has 4 rings (SSSR count). The summed E-state index contributed by atoms with van der Waals surface area (Å²) in [7, 11) is 0. The Morgan fingerprint density at radius 1 is 0.971 bits per heavy atom. The Balaban J connectivity index is 1.90. The standard InChI is InChI=1S/C30H35N3O/c1-28(2,3)27-23(22(10-15-34-27)21(18-31)19-32)9-8-20-16-24-26-25(17-20)30(6,7)12-14-33(26)13-11-29(24,4)5/h8-10,15-17H,11-14H2,1-7H3/b9-8+. The van der Waals surface area contributed by atoms with Crippen LogP contribution in [0, 0.1) is 28.1 Å². The number of hydrogen-bond acceptors (Lipinski definition) is 4. The summed E-state index contributed by atoms with van der Waals surface area (Å²) >= 11 is 0. The average Bonchev–Trinajstić information content (AvgIpc) is 2.77. The Morgan fingerprint density at radius 3 is 2.03 bits per heavy atom. The van der Waals surface area contributed by atoms with E-state index in [1.54, 1.807) is 12.3 Å². The van der Waals surface area contributed by atoms with Crippen molar-refractivity contribution in [1.29, 1.82) is 10.5 Å². The molecule has 0 N–H and O–H groups in total.